The van der Waals surface area contributed by atoms with Gasteiger partial charge in [0.2, 0.25) is 11.2 Å². The van der Waals surface area contributed by atoms with Gasteiger partial charge in [0.1, 0.15) is 5.75 Å². The summed E-state index contributed by atoms with van der Waals surface area (Å²) in [5.74, 6) is 0.993. The van der Waals surface area contributed by atoms with Gasteiger partial charge in [0.25, 0.3) is 0 Å². The van der Waals surface area contributed by atoms with Crippen LogP contribution in [0.4, 0.5) is 5.95 Å². The molecule has 0 fully saturated rings. The molecule has 1 aromatic carbocycles. The van der Waals surface area contributed by atoms with Crippen molar-refractivity contribution in [3.63, 3.8) is 0 Å². The molecular formula is C12H11Br2ClN4O. The highest BCUT2D eigenvalue weighted by Gasteiger charge is 2.09. The second kappa shape index (κ2) is 7.19. The Balaban J connectivity index is 2.21. The van der Waals surface area contributed by atoms with Gasteiger partial charge in [0, 0.05) is 11.0 Å². The Morgan fingerprint density at radius 1 is 1.25 bits per heavy atom. The molecule has 0 saturated heterocycles. The molecular weight excluding hydrogens is 411 g/mol. The number of ether oxygens (including phenoxy) is 1. The van der Waals surface area contributed by atoms with E-state index in [1.165, 1.54) is 0 Å². The molecule has 0 unspecified atom stereocenters. The fraction of sp³-hybridized carbons (Fsp3) is 0.250. The van der Waals surface area contributed by atoms with Crippen molar-refractivity contribution in [2.75, 3.05) is 11.9 Å². The lowest BCUT2D eigenvalue weighted by Crippen LogP contribution is -2.06. The van der Waals surface area contributed by atoms with E-state index < -0.39 is 0 Å². The number of hydrogen-bond acceptors (Lipinski definition) is 5. The molecule has 5 nitrogen and oxygen atoms in total. The smallest absolute Gasteiger partial charge is 0.328 e. The van der Waals surface area contributed by atoms with Gasteiger partial charge in [0.15, 0.2) is 0 Å². The van der Waals surface area contributed by atoms with Crippen molar-refractivity contribution in [1.29, 1.82) is 0 Å². The van der Waals surface area contributed by atoms with E-state index in [-0.39, 0.29) is 11.3 Å². The lowest BCUT2D eigenvalue weighted by atomic mass is 10.3. The minimum atomic E-state index is 0.0850. The SMILES string of the molecule is CCCNc1nc(Cl)nc(Oc2ccc(Br)cc2Br)n1. The highest BCUT2D eigenvalue weighted by atomic mass is 79.9. The van der Waals surface area contributed by atoms with Gasteiger partial charge in [-0.05, 0) is 52.2 Å². The first-order chi connectivity index (χ1) is 9.58. The zero-order chi connectivity index (χ0) is 14.5. The Morgan fingerprint density at radius 2 is 2.05 bits per heavy atom. The van der Waals surface area contributed by atoms with Crippen LogP contribution in [0.1, 0.15) is 13.3 Å². The fourth-order valence-corrected chi connectivity index (χ4v) is 2.63. The topological polar surface area (TPSA) is 59.9 Å². The zero-order valence-corrected chi connectivity index (χ0v) is 14.5. The summed E-state index contributed by atoms with van der Waals surface area (Å²) in [6.07, 6.45) is 0.956. The van der Waals surface area contributed by atoms with Crippen LogP contribution in [0, 0.1) is 0 Å². The van der Waals surface area contributed by atoms with Crippen LogP contribution in [-0.4, -0.2) is 21.5 Å². The average molecular weight is 423 g/mol. The predicted octanol–water partition coefficient (Wildman–Crippen LogP) is 4.66. The van der Waals surface area contributed by atoms with Crippen LogP contribution in [0.3, 0.4) is 0 Å². The van der Waals surface area contributed by atoms with E-state index in [4.69, 9.17) is 16.3 Å². The van der Waals surface area contributed by atoms with Gasteiger partial charge in [-0.3, -0.25) is 0 Å². The van der Waals surface area contributed by atoms with Gasteiger partial charge < -0.3 is 10.1 Å². The van der Waals surface area contributed by atoms with Crippen LogP contribution in [0.15, 0.2) is 27.1 Å². The number of benzene rings is 1. The van der Waals surface area contributed by atoms with E-state index in [9.17, 15) is 0 Å². The van der Waals surface area contributed by atoms with E-state index in [0.717, 1.165) is 21.9 Å². The molecule has 1 aromatic heterocycles. The van der Waals surface area contributed by atoms with Crippen molar-refractivity contribution >= 4 is 49.4 Å². The van der Waals surface area contributed by atoms with Crippen molar-refractivity contribution in [2.24, 2.45) is 0 Å². The normalized spacial score (nSPS) is 10.4. The molecule has 2 rings (SSSR count). The van der Waals surface area contributed by atoms with E-state index in [2.05, 4.69) is 52.1 Å². The van der Waals surface area contributed by atoms with Crippen LogP contribution >= 0.6 is 43.5 Å². The van der Waals surface area contributed by atoms with Gasteiger partial charge in [-0.2, -0.15) is 15.0 Å². The molecule has 0 spiro atoms. The number of aromatic nitrogens is 3. The predicted molar refractivity (Wildman–Crippen MR) is 85.5 cm³/mol. The van der Waals surface area contributed by atoms with Crippen molar-refractivity contribution < 1.29 is 4.74 Å². The summed E-state index contributed by atoms with van der Waals surface area (Å²) in [6, 6.07) is 5.67. The molecule has 0 saturated carbocycles. The lowest BCUT2D eigenvalue weighted by molar-refractivity contribution is 0.437. The lowest BCUT2D eigenvalue weighted by Gasteiger charge is -2.08. The first-order valence-electron chi connectivity index (χ1n) is 5.87. The molecule has 0 aliphatic carbocycles. The molecule has 1 N–H and O–H groups in total. The van der Waals surface area contributed by atoms with Crippen molar-refractivity contribution in [3.05, 3.63) is 32.4 Å². The second-order valence-electron chi connectivity index (χ2n) is 3.81. The summed E-state index contributed by atoms with van der Waals surface area (Å²) >= 11 is 12.6. The Bertz CT molecular complexity index is 612. The van der Waals surface area contributed by atoms with Crippen LogP contribution in [0.25, 0.3) is 0 Å². The number of rotatable bonds is 5. The zero-order valence-electron chi connectivity index (χ0n) is 10.5. The van der Waals surface area contributed by atoms with E-state index in [1.54, 1.807) is 6.07 Å². The number of halogens is 3. The highest BCUT2D eigenvalue weighted by Crippen LogP contribution is 2.31. The Hall–Kier alpha value is -0.920. The van der Waals surface area contributed by atoms with Crippen molar-refractivity contribution in [3.8, 4) is 11.8 Å². The molecule has 2 aromatic rings. The summed E-state index contributed by atoms with van der Waals surface area (Å²) in [5, 5.41) is 3.12. The molecule has 106 valence electrons. The summed E-state index contributed by atoms with van der Waals surface area (Å²) in [7, 11) is 0. The molecule has 0 aliphatic heterocycles. The third kappa shape index (κ3) is 4.29. The quantitative estimate of drug-likeness (QED) is 0.759. The van der Waals surface area contributed by atoms with E-state index in [0.29, 0.717) is 11.7 Å². The minimum absolute atomic E-state index is 0.0850. The van der Waals surface area contributed by atoms with Gasteiger partial charge in [-0.15, -0.1) is 0 Å². The Labute approximate surface area is 138 Å². The molecule has 8 heteroatoms. The van der Waals surface area contributed by atoms with Crippen LogP contribution < -0.4 is 10.1 Å². The first-order valence-corrected chi connectivity index (χ1v) is 7.83. The monoisotopic (exact) mass is 420 g/mol. The fourth-order valence-electron chi connectivity index (χ4n) is 1.35. The standard InChI is InChI=1S/C12H11Br2ClN4O/c1-2-5-16-11-17-10(15)18-12(19-11)20-9-4-3-7(13)6-8(9)14/h3-4,6H,2,5H2,1H3,(H,16,17,18,19). The summed E-state index contributed by atoms with van der Waals surface area (Å²) in [5.41, 5.74) is 0. The molecule has 1 heterocycles. The van der Waals surface area contributed by atoms with Crippen LogP contribution in [-0.2, 0) is 0 Å². The minimum Gasteiger partial charge on any atom is -0.423 e. The molecule has 0 atom stereocenters. The molecule has 0 bridgehead atoms. The van der Waals surface area contributed by atoms with E-state index in [1.807, 2.05) is 19.1 Å². The first kappa shape index (κ1) is 15.5. The number of nitrogens with zero attached hydrogens (tertiary/aromatic N) is 3. The third-order valence-corrected chi connectivity index (χ3v) is 3.50. The maximum atomic E-state index is 5.86. The maximum absolute atomic E-state index is 5.86. The van der Waals surface area contributed by atoms with Crippen molar-refractivity contribution in [2.45, 2.75) is 13.3 Å². The number of hydrogen-bond donors (Lipinski definition) is 1. The summed E-state index contributed by atoms with van der Waals surface area (Å²) < 4.78 is 7.34. The highest BCUT2D eigenvalue weighted by molar-refractivity contribution is 9.11. The van der Waals surface area contributed by atoms with E-state index >= 15 is 0 Å². The molecule has 20 heavy (non-hydrogen) atoms. The van der Waals surface area contributed by atoms with Gasteiger partial charge in [-0.1, -0.05) is 22.9 Å². The summed E-state index contributed by atoms with van der Waals surface area (Å²) in [6.45, 7) is 2.80. The van der Waals surface area contributed by atoms with Crippen LogP contribution in [0.5, 0.6) is 11.8 Å². The molecule has 0 aliphatic rings. The molecule has 0 radical (unpaired) electrons. The summed E-state index contributed by atoms with van der Waals surface area (Å²) in [4.78, 5) is 12.1. The third-order valence-electron chi connectivity index (χ3n) is 2.22. The van der Waals surface area contributed by atoms with Gasteiger partial charge in [-0.25, -0.2) is 0 Å². The van der Waals surface area contributed by atoms with Crippen LogP contribution in [0.2, 0.25) is 5.28 Å². The average Bonchev–Trinajstić information content (AvgIpc) is 2.39. The Morgan fingerprint density at radius 3 is 2.75 bits per heavy atom. The Kier molecular flexibility index (Phi) is 5.56. The van der Waals surface area contributed by atoms with Crippen molar-refractivity contribution in [1.82, 2.24) is 15.0 Å². The number of nitrogens with one attached hydrogen (secondary N) is 1. The largest absolute Gasteiger partial charge is 0.423 e. The van der Waals surface area contributed by atoms with Gasteiger partial charge >= 0.3 is 6.01 Å². The maximum Gasteiger partial charge on any atom is 0.328 e. The second-order valence-corrected chi connectivity index (χ2v) is 5.92. The molecule has 0 amide bonds. The van der Waals surface area contributed by atoms with Gasteiger partial charge in [0.05, 0.1) is 4.47 Å². The number of anilines is 1.